The van der Waals surface area contributed by atoms with Crippen LogP contribution in [0.5, 0.6) is 0 Å². The number of hydrogen-bond acceptors (Lipinski definition) is 2. The average molecular weight is 315 g/mol. The maximum Gasteiger partial charge on any atom is 0.173 e. The second-order valence-electron chi connectivity index (χ2n) is 3.04. The molecule has 0 bridgehead atoms. The van der Waals surface area contributed by atoms with Crippen LogP contribution < -0.4 is 5.73 Å². The Hall–Kier alpha value is -0.520. The fraction of sp³-hybridized carbons (Fsp3) is 0.300. The number of nitrogens with two attached hydrogens (primary N) is 1. The van der Waals surface area contributed by atoms with Gasteiger partial charge in [-0.1, -0.05) is 0 Å². The number of ketones is 1. The second kappa shape index (κ2) is 6.93. The Bertz CT molecular complexity index is 387. The summed E-state index contributed by atoms with van der Waals surface area (Å²) >= 11 is 2.84. The number of Topliss-reactive ketones (excluding diaryl/α,β-unsaturated/α-hetero) is 1. The molecule has 0 aliphatic rings. The number of carbonyl (C=O) groups excluding carboxylic acids is 1. The molecule has 0 atom stereocenters. The minimum Gasteiger partial charge on any atom is -0.330 e. The summed E-state index contributed by atoms with van der Waals surface area (Å²) in [6.07, 6.45) is 0.602. The van der Waals surface area contributed by atoms with Gasteiger partial charge in [0, 0.05) is 6.42 Å². The zero-order valence-corrected chi connectivity index (χ0v) is 10.7. The summed E-state index contributed by atoms with van der Waals surface area (Å²) in [5.74, 6) is -2.57. The Balaban J connectivity index is 0.00000225. The maximum atomic E-state index is 13.3. The maximum absolute atomic E-state index is 13.3. The van der Waals surface area contributed by atoms with Crippen LogP contribution in [0.25, 0.3) is 0 Å². The Morgan fingerprint density at radius 1 is 1.31 bits per heavy atom. The fourth-order valence-corrected chi connectivity index (χ4v) is 1.44. The van der Waals surface area contributed by atoms with Gasteiger partial charge in [-0.2, -0.15) is 0 Å². The molecule has 0 aromatic heterocycles. The molecule has 0 unspecified atom stereocenters. The lowest BCUT2D eigenvalue weighted by Gasteiger charge is -2.03. The Morgan fingerprint density at radius 2 is 1.94 bits per heavy atom. The quantitative estimate of drug-likeness (QED) is 0.685. The lowest BCUT2D eigenvalue weighted by atomic mass is 10.1. The van der Waals surface area contributed by atoms with E-state index in [0.29, 0.717) is 13.0 Å². The Morgan fingerprint density at radius 3 is 2.50 bits per heavy atom. The van der Waals surface area contributed by atoms with Crippen molar-refractivity contribution in [3.63, 3.8) is 0 Å². The highest BCUT2D eigenvalue weighted by Crippen LogP contribution is 2.22. The molecule has 0 saturated heterocycles. The van der Waals surface area contributed by atoms with Crippen molar-refractivity contribution in [3.8, 4) is 0 Å². The molecule has 1 aromatic carbocycles. The molecule has 0 aliphatic carbocycles. The zero-order valence-electron chi connectivity index (χ0n) is 8.30. The van der Waals surface area contributed by atoms with Crippen molar-refractivity contribution in [2.75, 3.05) is 6.54 Å². The summed E-state index contributed by atoms with van der Waals surface area (Å²) in [4.78, 5) is 11.4. The van der Waals surface area contributed by atoms with Gasteiger partial charge in [-0.15, -0.1) is 12.4 Å². The number of carbonyl (C=O) groups is 1. The summed E-state index contributed by atoms with van der Waals surface area (Å²) in [6, 6.07) is 2.58. The predicted octanol–water partition coefficient (Wildman–Crippen LogP) is 3.07. The van der Waals surface area contributed by atoms with Crippen LogP contribution in [0.4, 0.5) is 8.78 Å². The number of halogens is 4. The van der Waals surface area contributed by atoms with E-state index in [4.69, 9.17) is 5.73 Å². The highest BCUT2D eigenvalue weighted by atomic mass is 79.9. The highest BCUT2D eigenvalue weighted by molar-refractivity contribution is 9.10. The third kappa shape index (κ3) is 3.50. The van der Waals surface area contributed by atoms with Crippen molar-refractivity contribution in [2.24, 2.45) is 5.73 Å². The molecule has 1 rings (SSSR count). The van der Waals surface area contributed by atoms with E-state index in [1.54, 1.807) is 0 Å². The number of rotatable bonds is 4. The smallest absolute Gasteiger partial charge is 0.173 e. The molecule has 0 spiro atoms. The van der Waals surface area contributed by atoms with Crippen LogP contribution in [0.2, 0.25) is 0 Å². The second-order valence-corrected chi connectivity index (χ2v) is 3.89. The van der Waals surface area contributed by atoms with Gasteiger partial charge < -0.3 is 5.73 Å². The van der Waals surface area contributed by atoms with E-state index in [0.717, 1.165) is 0 Å². The van der Waals surface area contributed by atoms with Crippen LogP contribution in [-0.2, 0) is 0 Å². The first-order valence-electron chi connectivity index (χ1n) is 4.44. The van der Waals surface area contributed by atoms with Gasteiger partial charge in [-0.3, -0.25) is 4.79 Å². The number of hydrogen-bond donors (Lipinski definition) is 1. The largest absolute Gasteiger partial charge is 0.330 e. The average Bonchev–Trinajstić information content (AvgIpc) is 2.23. The Kier molecular flexibility index (Phi) is 6.71. The van der Waals surface area contributed by atoms with E-state index in [-0.39, 0.29) is 28.9 Å². The van der Waals surface area contributed by atoms with Gasteiger partial charge >= 0.3 is 0 Å². The van der Waals surface area contributed by atoms with Crippen LogP contribution in [0.3, 0.4) is 0 Å². The molecule has 0 saturated carbocycles. The van der Waals surface area contributed by atoms with E-state index in [1.807, 2.05) is 0 Å². The summed E-state index contributed by atoms with van der Waals surface area (Å²) < 4.78 is 26.4. The summed E-state index contributed by atoms with van der Waals surface area (Å²) in [6.45, 7) is 0.354. The van der Waals surface area contributed by atoms with Crippen LogP contribution in [-0.4, -0.2) is 12.3 Å². The topological polar surface area (TPSA) is 43.1 Å². The predicted molar refractivity (Wildman–Crippen MR) is 63.9 cm³/mol. The molecule has 16 heavy (non-hydrogen) atoms. The van der Waals surface area contributed by atoms with E-state index in [2.05, 4.69) is 15.9 Å². The lowest BCUT2D eigenvalue weighted by Crippen LogP contribution is -2.08. The fourth-order valence-electron chi connectivity index (χ4n) is 1.14. The van der Waals surface area contributed by atoms with Gasteiger partial charge in [0.2, 0.25) is 0 Å². The Labute approximate surface area is 107 Å². The van der Waals surface area contributed by atoms with Gasteiger partial charge in [-0.25, -0.2) is 8.78 Å². The third-order valence-corrected chi connectivity index (χ3v) is 2.56. The van der Waals surface area contributed by atoms with Crippen molar-refractivity contribution >= 4 is 34.1 Å². The molecule has 90 valence electrons. The molecule has 0 heterocycles. The standard InChI is InChI=1S/C10H10BrF2NO.ClH/c11-7-4-3-6(9(12)10(7)13)8(15)2-1-5-14;/h3-4H,1-2,5,14H2;1H. The van der Waals surface area contributed by atoms with E-state index in [9.17, 15) is 13.6 Å². The third-order valence-electron chi connectivity index (χ3n) is 1.94. The summed E-state index contributed by atoms with van der Waals surface area (Å²) in [5, 5.41) is 0. The minimum absolute atomic E-state index is 0. The molecular weight excluding hydrogens is 303 g/mol. The molecule has 6 heteroatoms. The SMILES string of the molecule is Cl.NCCCC(=O)c1ccc(Br)c(F)c1F. The zero-order chi connectivity index (χ0) is 11.4. The normalized spacial score (nSPS) is 9.75. The van der Waals surface area contributed by atoms with Gasteiger partial charge in [0.05, 0.1) is 10.0 Å². The first kappa shape index (κ1) is 15.5. The molecule has 1 aromatic rings. The first-order chi connectivity index (χ1) is 7.07. The van der Waals surface area contributed by atoms with E-state index >= 15 is 0 Å². The van der Waals surface area contributed by atoms with Crippen molar-refractivity contribution in [2.45, 2.75) is 12.8 Å². The van der Waals surface area contributed by atoms with Gasteiger partial charge in [-0.05, 0) is 41.0 Å². The summed E-state index contributed by atoms with van der Waals surface area (Å²) in [5.41, 5.74) is 5.00. The minimum atomic E-state index is -1.11. The van der Waals surface area contributed by atoms with Crippen LogP contribution in [0.15, 0.2) is 16.6 Å². The number of benzene rings is 1. The molecule has 2 N–H and O–H groups in total. The van der Waals surface area contributed by atoms with Crippen LogP contribution in [0.1, 0.15) is 23.2 Å². The van der Waals surface area contributed by atoms with Crippen molar-refractivity contribution in [3.05, 3.63) is 33.8 Å². The van der Waals surface area contributed by atoms with Crippen molar-refractivity contribution < 1.29 is 13.6 Å². The molecule has 2 nitrogen and oxygen atoms in total. The van der Waals surface area contributed by atoms with Crippen molar-refractivity contribution in [1.29, 1.82) is 0 Å². The van der Waals surface area contributed by atoms with Crippen LogP contribution in [0, 0.1) is 11.6 Å². The molecule has 0 fully saturated rings. The lowest BCUT2D eigenvalue weighted by molar-refractivity contribution is 0.0976. The summed E-state index contributed by atoms with van der Waals surface area (Å²) in [7, 11) is 0. The van der Waals surface area contributed by atoms with Crippen LogP contribution >= 0.6 is 28.3 Å². The highest BCUT2D eigenvalue weighted by Gasteiger charge is 2.16. The van der Waals surface area contributed by atoms with E-state index < -0.39 is 17.4 Å². The molecule has 0 radical (unpaired) electrons. The van der Waals surface area contributed by atoms with Gasteiger partial charge in [0.1, 0.15) is 0 Å². The van der Waals surface area contributed by atoms with Gasteiger partial charge in [0.25, 0.3) is 0 Å². The molecule has 0 amide bonds. The monoisotopic (exact) mass is 313 g/mol. The van der Waals surface area contributed by atoms with E-state index in [1.165, 1.54) is 12.1 Å². The molecular formula is C10H11BrClF2NO. The molecule has 0 aliphatic heterocycles. The van der Waals surface area contributed by atoms with Gasteiger partial charge in [0.15, 0.2) is 17.4 Å². The van der Waals surface area contributed by atoms with Crippen molar-refractivity contribution in [1.82, 2.24) is 0 Å². The first-order valence-corrected chi connectivity index (χ1v) is 5.24.